The fraction of sp³-hybridized carbons (Fsp3) is 0.278. The number of rotatable bonds is 7. The Bertz CT molecular complexity index is 590. The van der Waals surface area contributed by atoms with Crippen LogP contribution in [0.1, 0.15) is 17.5 Å². The lowest BCUT2D eigenvalue weighted by atomic mass is 10.1. The summed E-state index contributed by atoms with van der Waals surface area (Å²) in [5.74, 6) is 0.545. The average molecular weight is 311 g/mol. The number of ether oxygens (including phenoxy) is 1. The Hall–Kier alpha value is -2.37. The van der Waals surface area contributed by atoms with Gasteiger partial charge >= 0.3 is 0 Å². The molecule has 0 fully saturated rings. The van der Waals surface area contributed by atoms with E-state index in [1.54, 1.807) is 0 Å². The van der Waals surface area contributed by atoms with Crippen molar-refractivity contribution in [2.75, 3.05) is 6.54 Å². The lowest BCUT2D eigenvalue weighted by molar-refractivity contribution is -0.0351. The van der Waals surface area contributed by atoms with E-state index in [0.717, 1.165) is 19.6 Å². The molecule has 2 aromatic rings. The van der Waals surface area contributed by atoms with Gasteiger partial charge in [-0.15, -0.1) is 5.10 Å². The van der Waals surface area contributed by atoms with Crippen LogP contribution in [-0.4, -0.2) is 28.9 Å². The van der Waals surface area contributed by atoms with Crippen molar-refractivity contribution < 1.29 is 9.84 Å². The summed E-state index contributed by atoms with van der Waals surface area (Å²) < 4.78 is 5.18. The van der Waals surface area contributed by atoms with E-state index < -0.39 is 6.41 Å². The highest BCUT2D eigenvalue weighted by atomic mass is 16.6. The highest BCUT2D eigenvalue weighted by molar-refractivity contribution is 5.77. The summed E-state index contributed by atoms with van der Waals surface area (Å²) in [4.78, 5) is 2.35. The van der Waals surface area contributed by atoms with E-state index in [9.17, 15) is 5.11 Å². The molecule has 23 heavy (non-hydrogen) atoms. The summed E-state index contributed by atoms with van der Waals surface area (Å²) in [6.45, 7) is 2.52. The number of hydrogen-bond acceptors (Lipinski definition) is 5. The second-order valence-electron chi connectivity index (χ2n) is 5.54. The first kappa shape index (κ1) is 15.5. The summed E-state index contributed by atoms with van der Waals surface area (Å²) >= 11 is 0. The summed E-state index contributed by atoms with van der Waals surface area (Å²) in [5.41, 5.74) is 5.04. The molecule has 5 heteroatoms. The van der Waals surface area contributed by atoms with E-state index in [-0.39, 0.29) is 0 Å². The maximum atomic E-state index is 9.27. The second kappa shape index (κ2) is 7.76. The fourth-order valence-corrected chi connectivity index (χ4v) is 2.57. The quantitative estimate of drug-likeness (QED) is 0.824. The van der Waals surface area contributed by atoms with Crippen LogP contribution in [0.25, 0.3) is 0 Å². The molecule has 1 aliphatic rings. The van der Waals surface area contributed by atoms with Gasteiger partial charge in [-0.1, -0.05) is 60.7 Å². The minimum Gasteiger partial charge on any atom is -0.431 e. The Balaban J connectivity index is 1.63. The first-order chi connectivity index (χ1) is 11.3. The molecular formula is C18H21N3O2. The van der Waals surface area contributed by atoms with Crippen LogP contribution in [0.5, 0.6) is 0 Å². The largest absolute Gasteiger partial charge is 0.431 e. The molecule has 1 unspecified atom stereocenters. The standard InChI is InChI=1S/C18H21N3O2/c22-18-20-19-17(23-18)11-12-21(13-15-7-3-1-4-8-15)14-16-9-5-2-6-10-16/h1-10,18,20,22H,11-14H2. The Morgan fingerprint density at radius 2 is 1.52 bits per heavy atom. The van der Waals surface area contributed by atoms with Crippen LogP contribution in [0.4, 0.5) is 0 Å². The highest BCUT2D eigenvalue weighted by Crippen LogP contribution is 2.12. The molecule has 1 heterocycles. The Kier molecular flexibility index (Phi) is 5.24. The molecule has 1 atom stereocenters. The van der Waals surface area contributed by atoms with Crippen LogP contribution in [0.2, 0.25) is 0 Å². The zero-order valence-corrected chi connectivity index (χ0v) is 12.9. The fourth-order valence-electron chi connectivity index (χ4n) is 2.57. The van der Waals surface area contributed by atoms with Crippen molar-refractivity contribution in [2.24, 2.45) is 5.10 Å². The number of hydrogen-bond donors (Lipinski definition) is 2. The van der Waals surface area contributed by atoms with Gasteiger partial charge < -0.3 is 9.84 Å². The molecule has 1 aliphatic heterocycles. The molecule has 0 spiro atoms. The van der Waals surface area contributed by atoms with Gasteiger partial charge in [-0.05, 0) is 11.1 Å². The van der Waals surface area contributed by atoms with Crippen LogP contribution >= 0.6 is 0 Å². The van der Waals surface area contributed by atoms with Crippen molar-refractivity contribution >= 4 is 5.90 Å². The molecule has 0 aromatic heterocycles. The minimum atomic E-state index is -1.01. The lowest BCUT2D eigenvalue weighted by Gasteiger charge is -2.22. The van der Waals surface area contributed by atoms with E-state index in [2.05, 4.69) is 64.0 Å². The number of nitrogens with one attached hydrogen (secondary N) is 1. The van der Waals surface area contributed by atoms with Gasteiger partial charge in [-0.3, -0.25) is 4.90 Å². The van der Waals surface area contributed by atoms with Crippen molar-refractivity contribution in [3.63, 3.8) is 0 Å². The molecule has 2 N–H and O–H groups in total. The van der Waals surface area contributed by atoms with Gasteiger partial charge in [0.15, 0.2) is 0 Å². The van der Waals surface area contributed by atoms with Crippen molar-refractivity contribution in [2.45, 2.75) is 25.9 Å². The van der Waals surface area contributed by atoms with Crippen LogP contribution < -0.4 is 5.43 Å². The summed E-state index contributed by atoms with van der Waals surface area (Å²) in [7, 11) is 0. The molecular weight excluding hydrogens is 290 g/mol. The van der Waals surface area contributed by atoms with E-state index >= 15 is 0 Å². The number of nitrogens with zero attached hydrogens (tertiary/aromatic N) is 2. The summed E-state index contributed by atoms with van der Waals surface area (Å²) in [5, 5.41) is 13.2. The molecule has 0 aliphatic carbocycles. The van der Waals surface area contributed by atoms with Gasteiger partial charge in [0.25, 0.3) is 6.41 Å². The lowest BCUT2D eigenvalue weighted by Crippen LogP contribution is -2.26. The van der Waals surface area contributed by atoms with Gasteiger partial charge in [-0.25, -0.2) is 5.43 Å². The van der Waals surface area contributed by atoms with Crippen molar-refractivity contribution in [3.8, 4) is 0 Å². The number of aliphatic hydroxyl groups excluding tert-OH is 1. The Morgan fingerprint density at radius 1 is 0.957 bits per heavy atom. The molecule has 0 amide bonds. The van der Waals surface area contributed by atoms with Crippen LogP contribution in [0.15, 0.2) is 65.8 Å². The molecule has 5 nitrogen and oxygen atoms in total. The first-order valence-electron chi connectivity index (χ1n) is 7.76. The van der Waals surface area contributed by atoms with Crippen molar-refractivity contribution in [1.29, 1.82) is 0 Å². The van der Waals surface area contributed by atoms with Crippen molar-refractivity contribution in [1.82, 2.24) is 10.3 Å². The van der Waals surface area contributed by atoms with E-state index in [4.69, 9.17) is 4.74 Å². The molecule has 0 radical (unpaired) electrons. The molecule has 0 bridgehead atoms. The maximum Gasteiger partial charge on any atom is 0.295 e. The average Bonchev–Trinajstić information content (AvgIpc) is 3.00. The molecule has 120 valence electrons. The molecule has 2 aromatic carbocycles. The van der Waals surface area contributed by atoms with E-state index in [1.807, 2.05) is 12.1 Å². The third-order valence-electron chi connectivity index (χ3n) is 3.69. The third-order valence-corrected chi connectivity index (χ3v) is 3.69. The van der Waals surface area contributed by atoms with Crippen LogP contribution in [0.3, 0.4) is 0 Å². The monoisotopic (exact) mass is 311 g/mol. The SMILES string of the molecule is OC1NN=C(CCN(Cc2ccccc2)Cc2ccccc2)O1. The van der Waals surface area contributed by atoms with Crippen molar-refractivity contribution in [3.05, 3.63) is 71.8 Å². The predicted octanol–water partition coefficient (Wildman–Crippen LogP) is 2.29. The molecule has 0 saturated heterocycles. The van der Waals surface area contributed by atoms with Gasteiger partial charge in [-0.2, -0.15) is 0 Å². The normalized spacial score (nSPS) is 16.8. The van der Waals surface area contributed by atoms with Crippen LogP contribution in [0, 0.1) is 0 Å². The maximum absolute atomic E-state index is 9.27. The topological polar surface area (TPSA) is 57.1 Å². The van der Waals surface area contributed by atoms with Gasteiger partial charge in [0.05, 0.1) is 0 Å². The van der Waals surface area contributed by atoms with Gasteiger partial charge in [0.2, 0.25) is 5.90 Å². The first-order valence-corrected chi connectivity index (χ1v) is 7.76. The zero-order chi connectivity index (χ0) is 15.9. The van der Waals surface area contributed by atoms with Crippen LogP contribution in [-0.2, 0) is 17.8 Å². The summed E-state index contributed by atoms with van der Waals surface area (Å²) in [6, 6.07) is 20.8. The Morgan fingerprint density at radius 3 is 2.00 bits per heavy atom. The summed E-state index contributed by atoms with van der Waals surface area (Å²) in [6.07, 6.45) is -0.356. The van der Waals surface area contributed by atoms with E-state index in [1.165, 1.54) is 11.1 Å². The number of benzene rings is 2. The molecule has 3 rings (SSSR count). The molecule has 0 saturated carbocycles. The number of hydrazone groups is 1. The minimum absolute atomic E-state index is 0.545. The zero-order valence-electron chi connectivity index (χ0n) is 12.9. The van der Waals surface area contributed by atoms with Gasteiger partial charge in [0, 0.05) is 26.1 Å². The highest BCUT2D eigenvalue weighted by Gasteiger charge is 2.17. The second-order valence-corrected chi connectivity index (χ2v) is 5.54. The number of aliphatic hydroxyl groups is 1. The van der Waals surface area contributed by atoms with Gasteiger partial charge in [0.1, 0.15) is 0 Å². The predicted molar refractivity (Wildman–Crippen MR) is 89.3 cm³/mol. The van der Waals surface area contributed by atoms with E-state index in [0.29, 0.717) is 12.3 Å². The third kappa shape index (κ3) is 4.81. The Labute approximate surface area is 136 Å². The smallest absolute Gasteiger partial charge is 0.295 e.